The van der Waals surface area contributed by atoms with Crippen LogP contribution in [0.5, 0.6) is 0 Å². The number of benzene rings is 2. The molecule has 5 heteroatoms. The minimum Gasteiger partial charge on any atom is -0.365 e. The normalized spacial score (nSPS) is 10.6. The average molecular weight is 374 g/mol. The molecule has 0 aliphatic carbocycles. The summed E-state index contributed by atoms with van der Waals surface area (Å²) in [7, 11) is 0. The van der Waals surface area contributed by atoms with Gasteiger partial charge in [-0.1, -0.05) is 51.3 Å². The second-order valence-corrected chi connectivity index (χ2v) is 6.10. The van der Waals surface area contributed by atoms with Crippen LogP contribution in [0, 0.1) is 0 Å². The second-order valence-electron chi connectivity index (χ2n) is 4.40. The van der Waals surface area contributed by atoms with E-state index in [1.807, 2.05) is 42.5 Å². The van der Waals surface area contributed by atoms with Crippen molar-refractivity contribution in [3.63, 3.8) is 0 Å². The molecule has 0 aromatic heterocycles. The van der Waals surface area contributed by atoms with E-state index in [-0.39, 0.29) is 0 Å². The van der Waals surface area contributed by atoms with E-state index in [1.165, 1.54) is 0 Å². The maximum Gasteiger partial charge on any atom is 0.0639 e. The first kappa shape index (κ1) is 15.6. The number of halogens is 3. The predicted molar refractivity (Wildman–Crippen MR) is 90.7 cm³/mol. The third kappa shape index (κ3) is 3.89. The van der Waals surface area contributed by atoms with Gasteiger partial charge in [0.05, 0.1) is 10.7 Å². The van der Waals surface area contributed by atoms with Gasteiger partial charge in [-0.25, -0.2) is 0 Å². The largest absolute Gasteiger partial charge is 0.365 e. The van der Waals surface area contributed by atoms with Crippen LogP contribution in [-0.2, 0) is 6.54 Å². The smallest absolute Gasteiger partial charge is 0.0639 e. The van der Waals surface area contributed by atoms with Crippen LogP contribution < -0.4 is 10.6 Å². The Morgan fingerprint density at radius 1 is 1.10 bits per heavy atom. The van der Waals surface area contributed by atoms with E-state index in [0.717, 1.165) is 32.3 Å². The zero-order chi connectivity index (χ0) is 14.5. The maximum absolute atomic E-state index is 6.27. The molecule has 2 nitrogen and oxygen atoms in total. The minimum atomic E-state index is 0.559. The van der Waals surface area contributed by atoms with E-state index < -0.39 is 0 Å². The van der Waals surface area contributed by atoms with Gasteiger partial charge in [-0.3, -0.25) is 0 Å². The van der Waals surface area contributed by atoms with Crippen LogP contribution in [-0.4, -0.2) is 13.1 Å². The van der Waals surface area contributed by atoms with Crippen molar-refractivity contribution in [2.24, 2.45) is 5.73 Å². The van der Waals surface area contributed by atoms with Crippen LogP contribution in [0.25, 0.3) is 0 Å². The number of rotatable bonds is 5. The Labute approximate surface area is 137 Å². The third-order valence-corrected chi connectivity index (χ3v) is 4.29. The molecule has 106 valence electrons. The fraction of sp³-hybridized carbons (Fsp3) is 0.200. The SMILES string of the molecule is NCCN(Cc1cc(Cl)ccc1Br)c1ccccc1Cl. The molecule has 2 rings (SSSR count). The molecular weight excluding hydrogens is 359 g/mol. The second kappa shape index (κ2) is 7.32. The summed E-state index contributed by atoms with van der Waals surface area (Å²) < 4.78 is 1.02. The lowest BCUT2D eigenvalue weighted by atomic mass is 10.2. The minimum absolute atomic E-state index is 0.559. The third-order valence-electron chi connectivity index (χ3n) is 2.96. The molecular formula is C15H15BrCl2N2. The summed E-state index contributed by atoms with van der Waals surface area (Å²) in [5.74, 6) is 0. The van der Waals surface area contributed by atoms with Crippen LogP contribution in [0.2, 0.25) is 10.0 Å². The van der Waals surface area contributed by atoms with Gasteiger partial charge in [0.1, 0.15) is 0 Å². The van der Waals surface area contributed by atoms with Crippen molar-refractivity contribution < 1.29 is 0 Å². The van der Waals surface area contributed by atoms with Crippen LogP contribution in [0.4, 0.5) is 5.69 Å². The Morgan fingerprint density at radius 2 is 1.85 bits per heavy atom. The molecule has 0 saturated heterocycles. The van der Waals surface area contributed by atoms with Crippen LogP contribution in [0.1, 0.15) is 5.56 Å². The lowest BCUT2D eigenvalue weighted by molar-refractivity contribution is 0.788. The number of hydrogen-bond donors (Lipinski definition) is 1. The number of nitrogens with zero attached hydrogens (tertiary/aromatic N) is 1. The lowest BCUT2D eigenvalue weighted by Crippen LogP contribution is -2.29. The van der Waals surface area contributed by atoms with E-state index >= 15 is 0 Å². The van der Waals surface area contributed by atoms with Gasteiger partial charge in [0.15, 0.2) is 0 Å². The Morgan fingerprint density at radius 3 is 2.55 bits per heavy atom. The summed E-state index contributed by atoms with van der Waals surface area (Å²) >= 11 is 15.9. The zero-order valence-electron chi connectivity index (χ0n) is 10.8. The first-order valence-electron chi connectivity index (χ1n) is 6.25. The molecule has 0 aliphatic rings. The Balaban J connectivity index is 2.30. The van der Waals surface area contributed by atoms with Crippen LogP contribution in [0.15, 0.2) is 46.9 Å². The Kier molecular flexibility index (Phi) is 5.73. The molecule has 0 saturated carbocycles. The van der Waals surface area contributed by atoms with Crippen molar-refractivity contribution in [3.05, 3.63) is 62.5 Å². The van der Waals surface area contributed by atoms with Gasteiger partial charge < -0.3 is 10.6 Å². The van der Waals surface area contributed by atoms with E-state index in [0.29, 0.717) is 13.1 Å². The molecule has 0 amide bonds. The lowest BCUT2D eigenvalue weighted by Gasteiger charge is -2.26. The highest BCUT2D eigenvalue weighted by Gasteiger charge is 2.12. The standard InChI is InChI=1S/C15H15BrCl2N2/c16-13-6-5-12(17)9-11(13)10-20(8-7-19)15-4-2-1-3-14(15)18/h1-6,9H,7-8,10,19H2. The van der Waals surface area contributed by atoms with E-state index in [4.69, 9.17) is 28.9 Å². The summed E-state index contributed by atoms with van der Waals surface area (Å²) in [5, 5.41) is 1.44. The van der Waals surface area contributed by atoms with E-state index in [1.54, 1.807) is 0 Å². The van der Waals surface area contributed by atoms with Gasteiger partial charge in [-0.15, -0.1) is 0 Å². The highest BCUT2D eigenvalue weighted by Crippen LogP contribution is 2.29. The summed E-state index contributed by atoms with van der Waals surface area (Å²) in [6.45, 7) is 1.98. The van der Waals surface area contributed by atoms with Gasteiger partial charge in [0.25, 0.3) is 0 Å². The fourth-order valence-electron chi connectivity index (χ4n) is 2.02. The number of hydrogen-bond acceptors (Lipinski definition) is 2. The molecule has 0 radical (unpaired) electrons. The molecule has 0 spiro atoms. The van der Waals surface area contributed by atoms with E-state index in [9.17, 15) is 0 Å². The molecule has 0 atom stereocenters. The summed E-state index contributed by atoms with van der Waals surface area (Å²) in [5.41, 5.74) is 7.80. The first-order valence-corrected chi connectivity index (χ1v) is 7.80. The Hall–Kier alpha value is -0.740. The van der Waals surface area contributed by atoms with E-state index in [2.05, 4.69) is 20.8 Å². The zero-order valence-corrected chi connectivity index (χ0v) is 13.9. The van der Waals surface area contributed by atoms with Gasteiger partial charge >= 0.3 is 0 Å². The predicted octanol–water partition coefficient (Wildman–Crippen LogP) is 4.72. The Bertz CT molecular complexity index is 590. The van der Waals surface area contributed by atoms with Crippen molar-refractivity contribution in [1.82, 2.24) is 0 Å². The molecule has 0 unspecified atom stereocenters. The molecule has 2 aromatic rings. The number of para-hydroxylation sites is 1. The molecule has 2 aromatic carbocycles. The summed E-state index contributed by atoms with van der Waals surface area (Å²) in [6, 6.07) is 13.5. The molecule has 2 N–H and O–H groups in total. The summed E-state index contributed by atoms with van der Waals surface area (Å²) in [6.07, 6.45) is 0. The van der Waals surface area contributed by atoms with Gasteiger partial charge in [0, 0.05) is 29.1 Å². The molecule has 0 aliphatic heterocycles. The van der Waals surface area contributed by atoms with Crippen molar-refractivity contribution in [3.8, 4) is 0 Å². The topological polar surface area (TPSA) is 29.3 Å². The molecule has 0 heterocycles. The molecule has 0 fully saturated rings. The highest BCUT2D eigenvalue weighted by atomic mass is 79.9. The molecule has 20 heavy (non-hydrogen) atoms. The fourth-order valence-corrected chi connectivity index (χ4v) is 2.84. The number of nitrogens with two attached hydrogens (primary N) is 1. The average Bonchev–Trinajstić information content (AvgIpc) is 2.43. The quantitative estimate of drug-likeness (QED) is 0.821. The first-order chi connectivity index (χ1) is 9.61. The van der Waals surface area contributed by atoms with Gasteiger partial charge in [-0.05, 0) is 35.9 Å². The van der Waals surface area contributed by atoms with Crippen LogP contribution >= 0.6 is 39.1 Å². The summed E-state index contributed by atoms with van der Waals surface area (Å²) in [4.78, 5) is 2.15. The highest BCUT2D eigenvalue weighted by molar-refractivity contribution is 9.10. The van der Waals surface area contributed by atoms with Crippen molar-refractivity contribution >= 4 is 44.8 Å². The number of anilines is 1. The van der Waals surface area contributed by atoms with Gasteiger partial charge in [0.2, 0.25) is 0 Å². The van der Waals surface area contributed by atoms with Gasteiger partial charge in [-0.2, -0.15) is 0 Å². The van der Waals surface area contributed by atoms with Crippen molar-refractivity contribution in [2.45, 2.75) is 6.54 Å². The van der Waals surface area contributed by atoms with Crippen LogP contribution in [0.3, 0.4) is 0 Å². The van der Waals surface area contributed by atoms with Crippen molar-refractivity contribution in [2.75, 3.05) is 18.0 Å². The maximum atomic E-state index is 6.27. The van der Waals surface area contributed by atoms with Crippen molar-refractivity contribution in [1.29, 1.82) is 0 Å². The monoisotopic (exact) mass is 372 g/mol. The molecule has 0 bridgehead atoms.